The second-order valence-electron chi connectivity index (χ2n) is 6.39. The van der Waals surface area contributed by atoms with Crippen LogP contribution in [0.15, 0.2) is 35.2 Å². The Morgan fingerprint density at radius 3 is 2.27 bits per heavy atom. The molecular formula is C17H23NO3S. The van der Waals surface area contributed by atoms with E-state index in [9.17, 15) is 13.2 Å². The zero-order valence-electron chi connectivity index (χ0n) is 12.9. The highest BCUT2D eigenvalue weighted by Crippen LogP contribution is 2.40. The van der Waals surface area contributed by atoms with Gasteiger partial charge in [0, 0.05) is 18.5 Å². The van der Waals surface area contributed by atoms with E-state index < -0.39 is 9.84 Å². The Hall–Kier alpha value is -1.36. The third-order valence-electron chi connectivity index (χ3n) is 4.95. The summed E-state index contributed by atoms with van der Waals surface area (Å²) in [7, 11) is -3.29. The summed E-state index contributed by atoms with van der Waals surface area (Å²) in [6.07, 6.45) is 4.48. The molecule has 0 radical (unpaired) electrons. The number of hydrogen-bond donors (Lipinski definition) is 0. The van der Waals surface area contributed by atoms with Crippen LogP contribution in [0.5, 0.6) is 0 Å². The largest absolute Gasteiger partial charge is 0.337 e. The number of sulfone groups is 1. The van der Waals surface area contributed by atoms with Crippen molar-refractivity contribution in [3.63, 3.8) is 0 Å². The molecule has 2 atom stereocenters. The first-order valence-corrected chi connectivity index (χ1v) is 9.68. The minimum atomic E-state index is -3.29. The lowest BCUT2D eigenvalue weighted by Crippen LogP contribution is -2.49. The summed E-state index contributed by atoms with van der Waals surface area (Å²) < 4.78 is 25.6. The average Bonchev–Trinajstić information content (AvgIpc) is 2.78. The van der Waals surface area contributed by atoms with E-state index in [1.807, 2.05) is 17.9 Å². The van der Waals surface area contributed by atoms with Gasteiger partial charge >= 0.3 is 0 Å². The Morgan fingerprint density at radius 2 is 1.73 bits per heavy atom. The van der Waals surface area contributed by atoms with Crippen LogP contribution in [0.2, 0.25) is 0 Å². The first-order valence-electron chi connectivity index (χ1n) is 8.14. The van der Waals surface area contributed by atoms with Gasteiger partial charge in [-0.25, -0.2) is 8.42 Å². The predicted molar refractivity (Wildman–Crippen MR) is 85.2 cm³/mol. The number of piperidine rings is 1. The lowest BCUT2D eigenvalue weighted by molar-refractivity contribution is -0.135. The lowest BCUT2D eigenvalue weighted by Gasteiger charge is -2.38. The number of rotatable bonds is 4. The van der Waals surface area contributed by atoms with Gasteiger partial charge in [0.25, 0.3) is 0 Å². The van der Waals surface area contributed by atoms with Gasteiger partial charge in [-0.3, -0.25) is 4.79 Å². The highest BCUT2D eigenvalue weighted by Gasteiger charge is 2.46. The lowest BCUT2D eigenvalue weighted by atomic mass is 10.0. The van der Waals surface area contributed by atoms with Crippen LogP contribution in [0.1, 0.15) is 45.4 Å². The predicted octanol–water partition coefficient (Wildman–Crippen LogP) is 2.78. The van der Waals surface area contributed by atoms with Crippen LogP contribution >= 0.6 is 0 Å². The van der Waals surface area contributed by atoms with Crippen molar-refractivity contribution in [1.29, 1.82) is 0 Å². The third-order valence-corrected chi connectivity index (χ3v) is 7.14. The Kier molecular flexibility index (Phi) is 4.26. The summed E-state index contributed by atoms with van der Waals surface area (Å²) in [5.74, 6) is 0.200. The van der Waals surface area contributed by atoms with Gasteiger partial charge in [-0.2, -0.15) is 0 Å². The first-order chi connectivity index (χ1) is 10.5. The van der Waals surface area contributed by atoms with E-state index in [-0.39, 0.29) is 23.2 Å². The number of hydrogen-bond acceptors (Lipinski definition) is 3. The van der Waals surface area contributed by atoms with Crippen molar-refractivity contribution in [2.45, 2.75) is 67.7 Å². The molecule has 2 aliphatic heterocycles. The Morgan fingerprint density at radius 1 is 1.14 bits per heavy atom. The van der Waals surface area contributed by atoms with Crippen LogP contribution in [0.25, 0.3) is 0 Å². The van der Waals surface area contributed by atoms with E-state index in [2.05, 4.69) is 0 Å². The molecule has 2 bridgehead atoms. The van der Waals surface area contributed by atoms with E-state index in [1.165, 1.54) is 0 Å². The second kappa shape index (κ2) is 6.03. The highest BCUT2D eigenvalue weighted by molar-refractivity contribution is 7.92. The maximum atomic E-state index is 12.8. The minimum absolute atomic E-state index is 0.112. The molecule has 2 unspecified atom stereocenters. The summed E-state index contributed by atoms with van der Waals surface area (Å²) in [5.41, 5.74) is 0. The van der Waals surface area contributed by atoms with Crippen LogP contribution in [0.4, 0.5) is 0 Å². The van der Waals surface area contributed by atoms with Crippen LogP contribution in [-0.4, -0.2) is 36.6 Å². The quantitative estimate of drug-likeness (QED) is 0.857. The smallest absolute Gasteiger partial charge is 0.223 e. The number of amides is 1. The summed E-state index contributed by atoms with van der Waals surface area (Å²) in [6.45, 7) is 2.01. The van der Waals surface area contributed by atoms with E-state index in [0.29, 0.717) is 24.2 Å². The maximum Gasteiger partial charge on any atom is 0.223 e. The standard InChI is InChI=1S/C17H23NO3S/c1-2-6-17(19)18-13-9-10-14(18)12-16(11-13)22(20,21)15-7-4-3-5-8-15/h3-5,7-8,13-14,16H,2,6,9-12H2,1H3. The normalized spacial score (nSPS) is 27.9. The second-order valence-corrected chi connectivity index (χ2v) is 8.62. The van der Waals surface area contributed by atoms with E-state index in [1.54, 1.807) is 24.3 Å². The summed E-state index contributed by atoms with van der Waals surface area (Å²) in [4.78, 5) is 14.7. The molecule has 22 heavy (non-hydrogen) atoms. The van der Waals surface area contributed by atoms with Gasteiger partial charge < -0.3 is 4.90 Å². The maximum absolute atomic E-state index is 12.8. The fraction of sp³-hybridized carbons (Fsp3) is 0.588. The molecule has 0 spiro atoms. The number of fused-ring (bicyclic) bond motifs is 2. The minimum Gasteiger partial charge on any atom is -0.337 e. The van der Waals surface area contributed by atoms with E-state index in [0.717, 1.165) is 19.3 Å². The van der Waals surface area contributed by atoms with Gasteiger partial charge in [-0.1, -0.05) is 25.1 Å². The van der Waals surface area contributed by atoms with Gasteiger partial charge in [0.05, 0.1) is 10.1 Å². The summed E-state index contributed by atoms with van der Waals surface area (Å²) in [6, 6.07) is 8.93. The molecule has 0 N–H and O–H groups in total. The molecule has 0 aliphatic carbocycles. The molecule has 4 nitrogen and oxygen atoms in total. The Balaban J connectivity index is 1.80. The molecule has 1 aromatic carbocycles. The van der Waals surface area contributed by atoms with E-state index >= 15 is 0 Å². The van der Waals surface area contributed by atoms with Gasteiger partial charge in [0.1, 0.15) is 0 Å². The number of benzene rings is 1. The molecule has 0 saturated carbocycles. The van der Waals surface area contributed by atoms with Crippen molar-refractivity contribution in [2.75, 3.05) is 0 Å². The van der Waals surface area contributed by atoms with Crippen molar-refractivity contribution in [3.05, 3.63) is 30.3 Å². The van der Waals surface area contributed by atoms with Gasteiger partial charge in [-0.05, 0) is 44.2 Å². The number of carbonyl (C=O) groups is 1. The fourth-order valence-corrected chi connectivity index (χ4v) is 5.81. The van der Waals surface area contributed by atoms with Crippen molar-refractivity contribution >= 4 is 15.7 Å². The molecule has 1 amide bonds. The van der Waals surface area contributed by atoms with Crippen molar-refractivity contribution in [1.82, 2.24) is 4.90 Å². The zero-order chi connectivity index (χ0) is 15.7. The fourth-order valence-electron chi connectivity index (χ4n) is 3.93. The molecule has 120 valence electrons. The zero-order valence-corrected chi connectivity index (χ0v) is 13.8. The monoisotopic (exact) mass is 321 g/mol. The molecule has 0 aromatic heterocycles. The summed E-state index contributed by atoms with van der Waals surface area (Å²) >= 11 is 0. The number of carbonyl (C=O) groups excluding carboxylic acids is 1. The molecule has 1 aromatic rings. The highest BCUT2D eigenvalue weighted by atomic mass is 32.2. The molecule has 3 rings (SSSR count). The van der Waals surface area contributed by atoms with Gasteiger partial charge in [-0.15, -0.1) is 0 Å². The van der Waals surface area contributed by atoms with E-state index in [4.69, 9.17) is 0 Å². The van der Waals surface area contributed by atoms with Crippen LogP contribution in [0.3, 0.4) is 0 Å². The van der Waals surface area contributed by atoms with Crippen LogP contribution in [0, 0.1) is 0 Å². The van der Waals surface area contributed by atoms with Crippen LogP contribution in [-0.2, 0) is 14.6 Å². The van der Waals surface area contributed by atoms with Crippen molar-refractivity contribution in [3.8, 4) is 0 Å². The van der Waals surface area contributed by atoms with Crippen molar-refractivity contribution in [2.24, 2.45) is 0 Å². The van der Waals surface area contributed by atoms with Crippen LogP contribution < -0.4 is 0 Å². The topological polar surface area (TPSA) is 54.5 Å². The Labute approximate surface area is 132 Å². The molecule has 2 aliphatic rings. The Bertz CT molecular complexity index is 627. The SMILES string of the molecule is CCCC(=O)N1C2CCC1CC(S(=O)(=O)c1ccccc1)C2. The molecule has 2 saturated heterocycles. The number of nitrogens with zero attached hydrogens (tertiary/aromatic N) is 1. The van der Waals surface area contributed by atoms with Gasteiger partial charge in [0.2, 0.25) is 5.91 Å². The molecule has 2 fully saturated rings. The van der Waals surface area contributed by atoms with Gasteiger partial charge in [0.15, 0.2) is 9.84 Å². The summed E-state index contributed by atoms with van der Waals surface area (Å²) in [5, 5.41) is -0.349. The molecule has 2 heterocycles. The first kappa shape index (κ1) is 15.5. The average molecular weight is 321 g/mol. The molecule has 5 heteroatoms. The third kappa shape index (κ3) is 2.67. The van der Waals surface area contributed by atoms with Crippen molar-refractivity contribution < 1.29 is 13.2 Å². The molecular weight excluding hydrogens is 298 g/mol.